The maximum absolute atomic E-state index is 4.31. The minimum Gasteiger partial charge on any atom is -0.330 e. The van der Waals surface area contributed by atoms with Gasteiger partial charge in [-0.05, 0) is 25.3 Å². The number of hydrogen-bond donors (Lipinski definition) is 0. The second kappa shape index (κ2) is 2.55. The molecule has 3 heterocycles. The first-order chi connectivity index (χ1) is 6.45. The van der Waals surface area contributed by atoms with E-state index in [9.17, 15) is 0 Å². The first kappa shape index (κ1) is 7.06. The van der Waals surface area contributed by atoms with E-state index < -0.39 is 0 Å². The van der Waals surface area contributed by atoms with E-state index in [-0.39, 0.29) is 0 Å². The van der Waals surface area contributed by atoms with E-state index in [1.807, 2.05) is 6.20 Å². The van der Waals surface area contributed by atoms with Gasteiger partial charge in [-0.1, -0.05) is 0 Å². The molecule has 0 amide bonds. The summed E-state index contributed by atoms with van der Waals surface area (Å²) in [5.74, 6) is 0. The number of rotatable bonds is 0. The Hall–Kier alpha value is -1.38. The van der Waals surface area contributed by atoms with E-state index in [0.717, 1.165) is 12.2 Å². The Kier molecular flexibility index (Phi) is 1.39. The third-order valence-electron chi connectivity index (χ3n) is 2.71. The minimum atomic E-state index is 1.10. The topological polar surface area (TPSA) is 30.7 Å². The third-order valence-corrected chi connectivity index (χ3v) is 2.71. The predicted octanol–water partition coefficient (Wildman–Crippen LogP) is 1.77. The van der Waals surface area contributed by atoms with Crippen LogP contribution in [-0.2, 0) is 13.0 Å². The zero-order valence-electron chi connectivity index (χ0n) is 7.40. The summed E-state index contributed by atoms with van der Waals surface area (Å²) in [6.45, 7) is 1.12. The van der Waals surface area contributed by atoms with Crippen LogP contribution in [0.2, 0.25) is 0 Å². The summed E-state index contributed by atoms with van der Waals surface area (Å²) in [4.78, 5) is 8.34. The molecular formula is C10H11N3. The molecule has 0 N–H and O–H groups in total. The lowest BCUT2D eigenvalue weighted by molar-refractivity contribution is 0.542. The van der Waals surface area contributed by atoms with Crippen molar-refractivity contribution in [3.8, 4) is 0 Å². The number of nitrogens with zero attached hydrogens (tertiary/aromatic N) is 3. The van der Waals surface area contributed by atoms with E-state index in [0.29, 0.717) is 0 Å². The second-order valence-electron chi connectivity index (χ2n) is 3.55. The highest BCUT2D eigenvalue weighted by Gasteiger charge is 2.12. The number of aryl methyl sites for hydroxylation is 2. The molecule has 3 rings (SSSR count). The Labute approximate surface area is 76.4 Å². The van der Waals surface area contributed by atoms with Gasteiger partial charge < -0.3 is 4.57 Å². The summed E-state index contributed by atoms with van der Waals surface area (Å²) in [5, 5.41) is 1.18. The van der Waals surface area contributed by atoms with Crippen molar-refractivity contribution < 1.29 is 0 Å². The van der Waals surface area contributed by atoms with Crippen LogP contribution in [0.3, 0.4) is 0 Å². The molecule has 0 spiro atoms. The average Bonchev–Trinajstić information content (AvgIpc) is 2.56. The maximum Gasteiger partial charge on any atom is 0.143 e. The number of hydrogen-bond acceptors (Lipinski definition) is 2. The molecule has 0 unspecified atom stereocenters. The van der Waals surface area contributed by atoms with E-state index >= 15 is 0 Å². The molecule has 0 fully saturated rings. The molecule has 0 bridgehead atoms. The van der Waals surface area contributed by atoms with Crippen LogP contribution in [0.15, 0.2) is 18.6 Å². The summed E-state index contributed by atoms with van der Waals surface area (Å²) in [6, 6.07) is 2.22. The molecule has 1 aliphatic rings. The third kappa shape index (κ3) is 0.963. The molecule has 3 nitrogen and oxygen atoms in total. The van der Waals surface area contributed by atoms with E-state index in [1.54, 1.807) is 6.33 Å². The van der Waals surface area contributed by atoms with Crippen LogP contribution in [0.5, 0.6) is 0 Å². The highest BCUT2D eigenvalue weighted by atomic mass is 15.1. The van der Waals surface area contributed by atoms with E-state index in [1.165, 1.54) is 30.3 Å². The smallest absolute Gasteiger partial charge is 0.143 e. The highest BCUT2D eigenvalue weighted by molar-refractivity contribution is 5.76. The van der Waals surface area contributed by atoms with E-state index in [4.69, 9.17) is 0 Å². The van der Waals surface area contributed by atoms with Crippen LogP contribution in [-0.4, -0.2) is 14.5 Å². The van der Waals surface area contributed by atoms with Crippen LogP contribution in [0.1, 0.15) is 18.5 Å². The normalized spacial score (nSPS) is 16.0. The first-order valence-corrected chi connectivity index (χ1v) is 4.73. The molecule has 0 atom stereocenters. The minimum absolute atomic E-state index is 1.10. The standard InChI is InChI=1S/C10H11N3/c1-2-4-13-9(3-1)5-8-6-11-7-12-10(8)13/h5-7H,1-4H2. The quantitative estimate of drug-likeness (QED) is 0.607. The molecule has 13 heavy (non-hydrogen) atoms. The molecule has 0 aliphatic carbocycles. The van der Waals surface area contributed by atoms with Crippen molar-refractivity contribution in [2.45, 2.75) is 25.8 Å². The Morgan fingerprint density at radius 3 is 3.31 bits per heavy atom. The maximum atomic E-state index is 4.31. The fourth-order valence-corrected chi connectivity index (χ4v) is 2.09. The van der Waals surface area contributed by atoms with Crippen molar-refractivity contribution in [3.05, 3.63) is 24.3 Å². The number of fused-ring (bicyclic) bond motifs is 3. The second-order valence-corrected chi connectivity index (χ2v) is 3.55. The van der Waals surface area contributed by atoms with Gasteiger partial charge in [0, 0.05) is 23.8 Å². The summed E-state index contributed by atoms with van der Waals surface area (Å²) in [5.41, 5.74) is 2.52. The molecule has 0 radical (unpaired) electrons. The Bertz CT molecular complexity index is 444. The van der Waals surface area contributed by atoms with Gasteiger partial charge in [-0.25, -0.2) is 9.97 Å². The van der Waals surface area contributed by atoms with Crippen LogP contribution in [0, 0.1) is 0 Å². The number of aromatic nitrogens is 3. The molecule has 66 valence electrons. The predicted molar refractivity (Wildman–Crippen MR) is 50.5 cm³/mol. The Balaban J connectivity index is 2.34. The summed E-state index contributed by atoms with van der Waals surface area (Å²) >= 11 is 0. The molecule has 0 saturated heterocycles. The van der Waals surface area contributed by atoms with Gasteiger partial charge in [0.25, 0.3) is 0 Å². The van der Waals surface area contributed by atoms with Crippen molar-refractivity contribution in [2.24, 2.45) is 0 Å². The summed E-state index contributed by atoms with van der Waals surface area (Å²) in [7, 11) is 0. The van der Waals surface area contributed by atoms with Crippen molar-refractivity contribution in [3.63, 3.8) is 0 Å². The van der Waals surface area contributed by atoms with Gasteiger partial charge in [0.05, 0.1) is 0 Å². The zero-order chi connectivity index (χ0) is 8.67. The first-order valence-electron chi connectivity index (χ1n) is 4.73. The Morgan fingerprint density at radius 1 is 1.31 bits per heavy atom. The monoisotopic (exact) mass is 173 g/mol. The van der Waals surface area contributed by atoms with Gasteiger partial charge in [-0.3, -0.25) is 0 Å². The van der Waals surface area contributed by atoms with Gasteiger partial charge in [0.2, 0.25) is 0 Å². The lowest BCUT2D eigenvalue weighted by atomic mass is 10.1. The summed E-state index contributed by atoms with van der Waals surface area (Å²) < 4.78 is 2.32. The lowest BCUT2D eigenvalue weighted by Gasteiger charge is -2.14. The fraction of sp³-hybridized carbons (Fsp3) is 0.400. The molecule has 1 aliphatic heterocycles. The van der Waals surface area contributed by atoms with Crippen molar-refractivity contribution in [1.82, 2.24) is 14.5 Å². The Morgan fingerprint density at radius 2 is 2.31 bits per heavy atom. The molecule has 0 aromatic carbocycles. The molecular weight excluding hydrogens is 162 g/mol. The molecule has 2 aromatic heterocycles. The fourth-order valence-electron chi connectivity index (χ4n) is 2.09. The SMILES string of the molecule is c1ncc2cc3n(c2n1)CCCC3. The van der Waals surface area contributed by atoms with Gasteiger partial charge in [0.15, 0.2) is 0 Å². The largest absolute Gasteiger partial charge is 0.330 e. The van der Waals surface area contributed by atoms with Crippen LogP contribution in [0.25, 0.3) is 11.0 Å². The zero-order valence-corrected chi connectivity index (χ0v) is 7.40. The van der Waals surface area contributed by atoms with Gasteiger partial charge in [0.1, 0.15) is 12.0 Å². The average molecular weight is 173 g/mol. The highest BCUT2D eigenvalue weighted by Crippen LogP contribution is 2.22. The van der Waals surface area contributed by atoms with Gasteiger partial charge in [-0.2, -0.15) is 0 Å². The van der Waals surface area contributed by atoms with Crippen molar-refractivity contribution >= 4 is 11.0 Å². The van der Waals surface area contributed by atoms with Crippen LogP contribution < -0.4 is 0 Å². The molecule has 3 heteroatoms. The van der Waals surface area contributed by atoms with Crippen LogP contribution in [0.4, 0.5) is 0 Å². The van der Waals surface area contributed by atoms with Crippen LogP contribution >= 0.6 is 0 Å². The van der Waals surface area contributed by atoms with E-state index in [2.05, 4.69) is 20.6 Å². The van der Waals surface area contributed by atoms with Gasteiger partial charge in [-0.15, -0.1) is 0 Å². The van der Waals surface area contributed by atoms with Crippen molar-refractivity contribution in [2.75, 3.05) is 0 Å². The van der Waals surface area contributed by atoms with Gasteiger partial charge >= 0.3 is 0 Å². The summed E-state index contributed by atoms with van der Waals surface area (Å²) in [6.07, 6.45) is 7.30. The molecule has 2 aromatic rings. The van der Waals surface area contributed by atoms with Crippen molar-refractivity contribution in [1.29, 1.82) is 0 Å². The lowest BCUT2D eigenvalue weighted by Crippen LogP contribution is -2.09. The molecule has 0 saturated carbocycles.